The summed E-state index contributed by atoms with van der Waals surface area (Å²) in [7, 11) is 1.50. The molecule has 4 rings (SSSR count). The van der Waals surface area contributed by atoms with Crippen molar-refractivity contribution in [2.24, 2.45) is 0 Å². The average Bonchev–Trinajstić information content (AvgIpc) is 2.93. The fourth-order valence-electron chi connectivity index (χ4n) is 3.02. The van der Waals surface area contributed by atoms with Crippen LogP contribution >= 0.6 is 11.8 Å². The van der Waals surface area contributed by atoms with Crippen LogP contribution in [0.15, 0.2) is 60.3 Å². The molecule has 0 spiro atoms. The highest BCUT2D eigenvalue weighted by Crippen LogP contribution is 2.41. The summed E-state index contributed by atoms with van der Waals surface area (Å²) in [6, 6.07) is 11.8. The number of nitro groups is 1. The van der Waals surface area contributed by atoms with Crippen LogP contribution in [-0.4, -0.2) is 33.0 Å². The third kappa shape index (κ3) is 3.77. The number of anilines is 1. The van der Waals surface area contributed by atoms with Gasteiger partial charge in [0.2, 0.25) is 17.3 Å². The Morgan fingerprint density at radius 2 is 2.17 bits per heavy atom. The molecule has 0 saturated carbocycles. The number of methoxy groups -OCH3 is 1. The van der Waals surface area contributed by atoms with Gasteiger partial charge in [0.1, 0.15) is 5.75 Å². The number of non-ortho nitro benzene ring substituents is 1. The first-order valence-corrected chi connectivity index (χ1v) is 9.92. The molecule has 1 atom stereocenters. The number of fused-ring (bicyclic) bond motifs is 3. The molecule has 30 heavy (non-hydrogen) atoms. The third-order valence-electron chi connectivity index (χ3n) is 4.37. The predicted molar refractivity (Wildman–Crippen MR) is 113 cm³/mol. The van der Waals surface area contributed by atoms with E-state index < -0.39 is 11.2 Å². The van der Waals surface area contributed by atoms with Gasteiger partial charge in [0.05, 0.1) is 17.6 Å². The van der Waals surface area contributed by atoms with Crippen molar-refractivity contribution in [3.63, 3.8) is 0 Å². The van der Waals surface area contributed by atoms with Crippen molar-refractivity contribution in [2.75, 3.05) is 18.2 Å². The van der Waals surface area contributed by atoms with Crippen LogP contribution in [0.4, 0.5) is 11.4 Å². The highest BCUT2D eigenvalue weighted by atomic mass is 32.2. The van der Waals surface area contributed by atoms with Crippen LogP contribution in [0.5, 0.6) is 11.6 Å². The number of ether oxygens (including phenoxy) is 2. The van der Waals surface area contributed by atoms with Gasteiger partial charge in [0.25, 0.3) is 5.69 Å². The van der Waals surface area contributed by atoms with Crippen LogP contribution in [0, 0.1) is 10.1 Å². The molecule has 2 aromatic carbocycles. The summed E-state index contributed by atoms with van der Waals surface area (Å²) in [6.45, 7) is 3.69. The van der Waals surface area contributed by atoms with Gasteiger partial charge in [-0.3, -0.25) is 10.1 Å². The van der Waals surface area contributed by atoms with Crippen molar-refractivity contribution in [1.29, 1.82) is 0 Å². The van der Waals surface area contributed by atoms with Crippen molar-refractivity contribution in [3.8, 4) is 22.9 Å². The summed E-state index contributed by atoms with van der Waals surface area (Å²) in [6.07, 6.45) is 0.949. The highest BCUT2D eigenvalue weighted by Gasteiger charge is 2.29. The number of nitrogens with one attached hydrogen (secondary N) is 1. The van der Waals surface area contributed by atoms with E-state index in [4.69, 9.17) is 9.47 Å². The van der Waals surface area contributed by atoms with Crippen molar-refractivity contribution >= 4 is 23.1 Å². The minimum atomic E-state index is -0.795. The largest absolute Gasteiger partial charge is 0.496 e. The first-order chi connectivity index (χ1) is 14.6. The summed E-state index contributed by atoms with van der Waals surface area (Å²) in [4.78, 5) is 15.3. The van der Waals surface area contributed by atoms with Gasteiger partial charge >= 0.3 is 0 Å². The quantitative estimate of drug-likeness (QED) is 0.269. The fourth-order valence-corrected chi connectivity index (χ4v) is 3.54. The zero-order chi connectivity index (χ0) is 21.1. The normalized spacial score (nSPS) is 14.4. The van der Waals surface area contributed by atoms with Crippen LogP contribution in [0.1, 0.15) is 11.8 Å². The molecular formula is C20H17N5O4S. The lowest BCUT2D eigenvalue weighted by Gasteiger charge is -2.21. The lowest BCUT2D eigenvalue weighted by atomic mass is 10.1. The standard InChI is InChI=1S/C20H17N5O4S/c1-3-10-30-20-22-19-17(23-24-20)13-6-4-5-7-15(13)21-18(29-19)14-11-12(25(26)27)8-9-16(14)28-2/h3-9,11,18,21H,1,10H2,2H3/t18-/m0/s1. The molecule has 1 N–H and O–H groups in total. The van der Waals surface area contributed by atoms with Crippen LogP contribution in [-0.2, 0) is 0 Å². The predicted octanol–water partition coefficient (Wildman–Crippen LogP) is 4.24. The molecule has 152 valence electrons. The molecular weight excluding hydrogens is 406 g/mol. The molecule has 0 bridgehead atoms. The maximum Gasteiger partial charge on any atom is 0.270 e. The lowest BCUT2D eigenvalue weighted by molar-refractivity contribution is -0.385. The zero-order valence-corrected chi connectivity index (χ0v) is 16.8. The number of aromatic nitrogens is 3. The van der Waals surface area contributed by atoms with E-state index in [0.717, 1.165) is 11.3 Å². The second-order valence-electron chi connectivity index (χ2n) is 6.22. The summed E-state index contributed by atoms with van der Waals surface area (Å²) < 4.78 is 11.6. The molecule has 2 heterocycles. The Bertz CT molecular complexity index is 1120. The summed E-state index contributed by atoms with van der Waals surface area (Å²) in [5.41, 5.74) is 2.37. The van der Waals surface area contributed by atoms with Crippen molar-refractivity contribution < 1.29 is 14.4 Å². The third-order valence-corrected chi connectivity index (χ3v) is 5.20. The molecule has 0 radical (unpaired) electrons. The van der Waals surface area contributed by atoms with E-state index in [0.29, 0.717) is 27.9 Å². The fraction of sp³-hybridized carbons (Fsp3) is 0.150. The minimum Gasteiger partial charge on any atom is -0.496 e. The van der Waals surface area contributed by atoms with Gasteiger partial charge in [-0.1, -0.05) is 36.0 Å². The molecule has 0 unspecified atom stereocenters. The molecule has 0 saturated heterocycles. The highest BCUT2D eigenvalue weighted by molar-refractivity contribution is 7.99. The average molecular weight is 423 g/mol. The van der Waals surface area contributed by atoms with E-state index in [9.17, 15) is 10.1 Å². The molecule has 0 amide bonds. The number of nitro benzene ring substituents is 1. The second-order valence-corrected chi connectivity index (χ2v) is 7.21. The van der Waals surface area contributed by atoms with E-state index in [1.807, 2.05) is 24.3 Å². The van der Waals surface area contributed by atoms with Gasteiger partial charge < -0.3 is 14.8 Å². The van der Waals surface area contributed by atoms with E-state index >= 15 is 0 Å². The Labute approximate surface area is 176 Å². The number of para-hydroxylation sites is 1. The number of benzene rings is 2. The van der Waals surface area contributed by atoms with E-state index in [2.05, 4.69) is 27.1 Å². The molecule has 1 aromatic heterocycles. The first-order valence-electron chi connectivity index (χ1n) is 8.94. The van der Waals surface area contributed by atoms with Crippen molar-refractivity contribution in [2.45, 2.75) is 11.4 Å². The van der Waals surface area contributed by atoms with Gasteiger partial charge in [0, 0.05) is 29.1 Å². The van der Waals surface area contributed by atoms with Crippen molar-refractivity contribution in [1.82, 2.24) is 15.2 Å². The van der Waals surface area contributed by atoms with Crippen LogP contribution < -0.4 is 14.8 Å². The van der Waals surface area contributed by atoms with Crippen LogP contribution in [0.25, 0.3) is 11.3 Å². The van der Waals surface area contributed by atoms with Crippen LogP contribution in [0.3, 0.4) is 0 Å². The second kappa shape index (κ2) is 8.37. The van der Waals surface area contributed by atoms with Gasteiger partial charge in [-0.2, -0.15) is 4.98 Å². The minimum absolute atomic E-state index is 0.0722. The Hall–Kier alpha value is -3.66. The number of thioether (sulfide) groups is 1. The first kappa shape index (κ1) is 19.6. The molecule has 1 aliphatic rings. The van der Waals surface area contributed by atoms with Gasteiger partial charge in [-0.25, -0.2) is 0 Å². The smallest absolute Gasteiger partial charge is 0.270 e. The summed E-state index contributed by atoms with van der Waals surface area (Å²) in [5, 5.41) is 23.5. The van der Waals surface area contributed by atoms with Gasteiger partial charge in [-0.15, -0.1) is 16.8 Å². The number of nitrogens with zero attached hydrogens (tertiary/aromatic N) is 4. The Balaban J connectivity index is 1.84. The number of hydrogen-bond donors (Lipinski definition) is 1. The maximum atomic E-state index is 11.3. The van der Waals surface area contributed by atoms with Crippen LogP contribution in [0.2, 0.25) is 0 Å². The van der Waals surface area contributed by atoms with E-state index in [1.165, 1.54) is 31.0 Å². The van der Waals surface area contributed by atoms with Gasteiger partial charge in [0.15, 0.2) is 5.69 Å². The SMILES string of the molecule is C=CCSc1nnc2c(n1)O[C@@H](c1cc([N+](=O)[O-])ccc1OC)Nc1ccccc1-2. The molecule has 10 heteroatoms. The van der Waals surface area contributed by atoms with Gasteiger partial charge in [-0.05, 0) is 12.1 Å². The molecule has 0 fully saturated rings. The Morgan fingerprint density at radius 1 is 1.33 bits per heavy atom. The van der Waals surface area contributed by atoms with Crippen molar-refractivity contribution in [3.05, 3.63) is 70.8 Å². The monoisotopic (exact) mass is 423 g/mol. The zero-order valence-electron chi connectivity index (χ0n) is 15.9. The van der Waals surface area contributed by atoms with E-state index in [-0.39, 0.29) is 11.6 Å². The summed E-state index contributed by atoms with van der Waals surface area (Å²) in [5.74, 6) is 1.34. The Morgan fingerprint density at radius 3 is 2.93 bits per heavy atom. The lowest BCUT2D eigenvalue weighted by Crippen LogP contribution is -2.18. The molecule has 9 nitrogen and oxygen atoms in total. The topological polar surface area (TPSA) is 112 Å². The van der Waals surface area contributed by atoms with E-state index in [1.54, 1.807) is 12.1 Å². The molecule has 1 aliphatic heterocycles. The molecule has 3 aromatic rings. The molecule has 0 aliphatic carbocycles. The number of rotatable bonds is 6. The number of hydrogen-bond acceptors (Lipinski definition) is 9. The maximum absolute atomic E-state index is 11.3. The summed E-state index contributed by atoms with van der Waals surface area (Å²) >= 11 is 1.38. The Kier molecular flexibility index (Phi) is 5.48.